The Bertz CT molecular complexity index is 1390. The molecule has 1 saturated carbocycles. The third-order valence-electron chi connectivity index (χ3n) is 7.73. The number of carbonyl (C=O) groups is 1. The van der Waals surface area contributed by atoms with Crippen molar-refractivity contribution < 1.29 is 22.3 Å². The van der Waals surface area contributed by atoms with Crippen LogP contribution in [0.5, 0.6) is 11.5 Å². The molecule has 9 heteroatoms. The summed E-state index contributed by atoms with van der Waals surface area (Å²) in [5, 5.41) is 2.95. The van der Waals surface area contributed by atoms with E-state index in [0.717, 1.165) is 49.9 Å². The van der Waals surface area contributed by atoms with Gasteiger partial charge in [0.15, 0.2) is 0 Å². The Kier molecular flexibility index (Phi) is 9.01. The molecule has 2 aliphatic rings. The highest BCUT2D eigenvalue weighted by Crippen LogP contribution is 2.29. The molecular formula is C31H36FN3O4S. The Balaban J connectivity index is 1.22. The van der Waals surface area contributed by atoms with E-state index in [4.69, 9.17) is 4.74 Å². The highest BCUT2D eigenvalue weighted by molar-refractivity contribution is 7.89. The average molecular weight is 566 g/mol. The quantitative estimate of drug-likeness (QED) is 0.325. The lowest BCUT2D eigenvalue weighted by molar-refractivity contribution is -0.123. The van der Waals surface area contributed by atoms with Gasteiger partial charge in [0.2, 0.25) is 15.9 Å². The smallest absolute Gasteiger partial charge is 0.241 e. The number of amides is 1. The maximum Gasteiger partial charge on any atom is 0.241 e. The summed E-state index contributed by atoms with van der Waals surface area (Å²) in [5.74, 6) is 0.911. The van der Waals surface area contributed by atoms with Crippen molar-refractivity contribution in [2.45, 2.75) is 55.9 Å². The van der Waals surface area contributed by atoms with E-state index in [9.17, 15) is 17.6 Å². The van der Waals surface area contributed by atoms with E-state index >= 15 is 0 Å². The zero-order valence-corrected chi connectivity index (χ0v) is 23.3. The van der Waals surface area contributed by atoms with Gasteiger partial charge in [0.25, 0.3) is 0 Å². The van der Waals surface area contributed by atoms with Crippen molar-refractivity contribution in [1.29, 1.82) is 0 Å². The van der Waals surface area contributed by atoms with Gasteiger partial charge in [-0.3, -0.25) is 4.79 Å². The largest absolute Gasteiger partial charge is 0.457 e. The SMILES string of the molecule is O=C(NCCN1CCc2cc(F)ccc21)C(CC1CCCCC1)NS(=O)(=O)c1ccc(Oc2ccccc2)cc1. The van der Waals surface area contributed by atoms with Crippen LogP contribution in [-0.2, 0) is 21.2 Å². The van der Waals surface area contributed by atoms with Crippen LogP contribution in [0.2, 0.25) is 0 Å². The minimum Gasteiger partial charge on any atom is -0.457 e. The molecule has 7 nitrogen and oxygen atoms in total. The normalized spacial score (nSPS) is 16.4. The molecule has 1 aliphatic heterocycles. The number of para-hydroxylation sites is 1. The maximum absolute atomic E-state index is 13.6. The fourth-order valence-electron chi connectivity index (χ4n) is 5.64. The Morgan fingerprint density at radius 2 is 1.70 bits per heavy atom. The standard InChI is InChI=1S/C31H36FN3O4S/c32-25-11-16-30-24(22-25)17-19-35(30)20-18-33-31(36)29(21-23-7-3-1-4-8-23)34-40(37,38)28-14-12-27(13-15-28)39-26-9-5-2-6-10-26/h2,5-6,9-16,22-23,29,34H,1,3-4,7-8,17-21H2,(H,33,36). The molecule has 1 atom stereocenters. The average Bonchev–Trinajstić information content (AvgIpc) is 3.35. The first kappa shape index (κ1) is 28.1. The van der Waals surface area contributed by atoms with Gasteiger partial charge in [-0.2, -0.15) is 4.72 Å². The number of ether oxygens (including phenoxy) is 1. The van der Waals surface area contributed by atoms with Crippen molar-refractivity contribution in [3.63, 3.8) is 0 Å². The van der Waals surface area contributed by atoms with E-state index in [-0.39, 0.29) is 16.6 Å². The molecular weight excluding hydrogens is 529 g/mol. The van der Waals surface area contributed by atoms with Gasteiger partial charge in [0, 0.05) is 25.3 Å². The lowest BCUT2D eigenvalue weighted by Crippen LogP contribution is -2.49. The van der Waals surface area contributed by atoms with Gasteiger partial charge in [-0.05, 0) is 78.9 Å². The fourth-order valence-corrected chi connectivity index (χ4v) is 6.85. The van der Waals surface area contributed by atoms with Gasteiger partial charge in [0.05, 0.1) is 4.90 Å². The number of anilines is 1. The molecule has 5 rings (SSSR count). The molecule has 40 heavy (non-hydrogen) atoms. The van der Waals surface area contributed by atoms with Crippen LogP contribution in [0.15, 0.2) is 77.7 Å². The second kappa shape index (κ2) is 12.8. The van der Waals surface area contributed by atoms with Crippen LogP contribution >= 0.6 is 0 Å². The summed E-state index contributed by atoms with van der Waals surface area (Å²) in [6.07, 6.45) is 6.60. The molecule has 3 aromatic carbocycles. The minimum absolute atomic E-state index is 0.0789. The lowest BCUT2D eigenvalue weighted by Gasteiger charge is -2.27. The number of benzene rings is 3. The summed E-state index contributed by atoms with van der Waals surface area (Å²) in [7, 11) is -3.94. The number of hydrogen-bond donors (Lipinski definition) is 2. The first-order valence-corrected chi connectivity index (χ1v) is 15.5. The molecule has 0 aromatic heterocycles. The Hall–Kier alpha value is -3.43. The lowest BCUT2D eigenvalue weighted by atomic mass is 9.85. The van der Waals surface area contributed by atoms with Gasteiger partial charge in [-0.25, -0.2) is 12.8 Å². The van der Waals surface area contributed by atoms with Crippen LogP contribution in [-0.4, -0.2) is 40.0 Å². The van der Waals surface area contributed by atoms with Gasteiger partial charge >= 0.3 is 0 Å². The number of fused-ring (bicyclic) bond motifs is 1. The van der Waals surface area contributed by atoms with Gasteiger partial charge in [0.1, 0.15) is 23.4 Å². The van der Waals surface area contributed by atoms with Crippen LogP contribution in [0, 0.1) is 11.7 Å². The van der Waals surface area contributed by atoms with Gasteiger partial charge in [-0.15, -0.1) is 0 Å². The topological polar surface area (TPSA) is 87.7 Å². The fraction of sp³-hybridized carbons (Fsp3) is 0.387. The molecule has 212 valence electrons. The zero-order chi connectivity index (χ0) is 28.0. The first-order chi connectivity index (χ1) is 19.4. The van der Waals surface area contributed by atoms with E-state index in [2.05, 4.69) is 14.9 Å². The first-order valence-electron chi connectivity index (χ1n) is 14.0. The van der Waals surface area contributed by atoms with Crippen LogP contribution in [0.4, 0.5) is 10.1 Å². The van der Waals surface area contributed by atoms with Crippen LogP contribution in [0.25, 0.3) is 0 Å². The number of rotatable bonds is 11. The predicted octanol–water partition coefficient (Wildman–Crippen LogP) is 5.41. The Morgan fingerprint density at radius 3 is 2.45 bits per heavy atom. The van der Waals surface area contributed by atoms with Crippen molar-refractivity contribution in [3.8, 4) is 11.5 Å². The summed E-state index contributed by atoms with van der Waals surface area (Å²) in [6, 6.07) is 19.4. The monoisotopic (exact) mass is 565 g/mol. The zero-order valence-electron chi connectivity index (χ0n) is 22.5. The van der Waals surface area contributed by atoms with Crippen molar-refractivity contribution in [1.82, 2.24) is 10.0 Å². The summed E-state index contributed by atoms with van der Waals surface area (Å²) < 4.78 is 48.7. The van der Waals surface area contributed by atoms with E-state index in [0.29, 0.717) is 36.9 Å². The summed E-state index contributed by atoms with van der Waals surface area (Å²) in [6.45, 7) is 1.69. The van der Waals surface area contributed by atoms with Crippen molar-refractivity contribution in [2.24, 2.45) is 5.92 Å². The summed E-state index contributed by atoms with van der Waals surface area (Å²) in [4.78, 5) is 15.5. The van der Waals surface area contributed by atoms with Crippen LogP contribution < -0.4 is 19.7 Å². The molecule has 0 spiro atoms. The molecule has 0 saturated heterocycles. The molecule has 2 N–H and O–H groups in total. The number of nitrogens with one attached hydrogen (secondary N) is 2. The van der Waals surface area contributed by atoms with E-state index in [1.807, 2.05) is 30.3 Å². The molecule has 1 heterocycles. The number of nitrogens with zero attached hydrogens (tertiary/aromatic N) is 1. The van der Waals surface area contributed by atoms with Crippen LogP contribution in [0.1, 0.15) is 44.1 Å². The highest BCUT2D eigenvalue weighted by atomic mass is 32.2. The minimum atomic E-state index is -3.94. The third kappa shape index (κ3) is 7.20. The number of halogens is 1. The molecule has 3 aromatic rings. The molecule has 0 radical (unpaired) electrons. The van der Waals surface area contributed by atoms with Crippen LogP contribution in [0.3, 0.4) is 0 Å². The van der Waals surface area contributed by atoms with Crippen molar-refractivity contribution >= 4 is 21.6 Å². The molecule has 1 aliphatic carbocycles. The number of sulfonamides is 1. The van der Waals surface area contributed by atoms with E-state index in [1.165, 1.54) is 24.6 Å². The van der Waals surface area contributed by atoms with Gasteiger partial charge < -0.3 is 15.0 Å². The Labute approximate surface area is 235 Å². The number of hydrogen-bond acceptors (Lipinski definition) is 5. The van der Waals surface area contributed by atoms with E-state index < -0.39 is 16.1 Å². The number of carbonyl (C=O) groups excluding carboxylic acids is 1. The highest BCUT2D eigenvalue weighted by Gasteiger charge is 2.29. The summed E-state index contributed by atoms with van der Waals surface area (Å²) >= 11 is 0. The van der Waals surface area contributed by atoms with E-state index in [1.54, 1.807) is 24.3 Å². The Morgan fingerprint density at radius 1 is 0.975 bits per heavy atom. The predicted molar refractivity (Wildman–Crippen MR) is 154 cm³/mol. The summed E-state index contributed by atoms with van der Waals surface area (Å²) in [5.41, 5.74) is 1.95. The molecule has 1 fully saturated rings. The second-order valence-corrected chi connectivity index (χ2v) is 12.3. The third-order valence-corrected chi connectivity index (χ3v) is 9.22. The molecule has 0 bridgehead atoms. The van der Waals surface area contributed by atoms with Gasteiger partial charge in [-0.1, -0.05) is 50.3 Å². The maximum atomic E-state index is 13.6. The second-order valence-electron chi connectivity index (χ2n) is 10.6. The molecule has 1 amide bonds. The molecule has 1 unspecified atom stereocenters. The van der Waals surface area contributed by atoms with Crippen molar-refractivity contribution in [2.75, 3.05) is 24.5 Å². The van der Waals surface area contributed by atoms with Crippen molar-refractivity contribution in [3.05, 3.63) is 84.2 Å².